The highest BCUT2D eigenvalue weighted by atomic mass is 16.3. The van der Waals surface area contributed by atoms with Gasteiger partial charge in [0, 0.05) is 6.07 Å². The first-order chi connectivity index (χ1) is 11.5. The van der Waals surface area contributed by atoms with E-state index in [1.807, 2.05) is 31.0 Å². The normalized spacial score (nSPS) is 39.2. The van der Waals surface area contributed by atoms with E-state index in [-0.39, 0.29) is 11.7 Å². The fraction of sp³-hybridized carbons (Fsp3) is 0.650. The molecule has 3 saturated carbocycles. The van der Waals surface area contributed by atoms with Crippen molar-refractivity contribution in [2.24, 2.45) is 23.7 Å². The van der Waals surface area contributed by atoms with Gasteiger partial charge in [-0.3, -0.25) is 9.80 Å². The van der Waals surface area contributed by atoms with Crippen LogP contribution in [0.15, 0.2) is 24.3 Å². The van der Waals surface area contributed by atoms with Crippen molar-refractivity contribution in [3.8, 4) is 5.75 Å². The van der Waals surface area contributed by atoms with E-state index in [0.717, 1.165) is 29.9 Å². The Kier molecular flexibility index (Phi) is 2.85. The maximum atomic E-state index is 13.0. The van der Waals surface area contributed by atoms with Gasteiger partial charge in [0.15, 0.2) is 0 Å². The minimum Gasteiger partial charge on any atom is -0.508 e. The van der Waals surface area contributed by atoms with Gasteiger partial charge < -0.3 is 5.11 Å². The van der Waals surface area contributed by atoms with E-state index in [2.05, 4.69) is 5.01 Å². The Morgan fingerprint density at radius 2 is 1.88 bits per heavy atom. The number of aromatic hydroxyl groups is 1. The van der Waals surface area contributed by atoms with E-state index in [9.17, 15) is 9.90 Å². The van der Waals surface area contributed by atoms with Crippen LogP contribution in [0, 0.1) is 23.7 Å². The van der Waals surface area contributed by atoms with Crippen LogP contribution in [0.3, 0.4) is 0 Å². The van der Waals surface area contributed by atoms with Gasteiger partial charge in [-0.25, -0.2) is 5.01 Å². The molecule has 4 fully saturated rings. The van der Waals surface area contributed by atoms with Gasteiger partial charge in [-0.05, 0) is 81.8 Å². The maximum Gasteiger partial charge on any atom is 0.268 e. The number of hydrogen-bond acceptors (Lipinski definition) is 3. The van der Waals surface area contributed by atoms with Gasteiger partial charge >= 0.3 is 0 Å². The smallest absolute Gasteiger partial charge is 0.268 e. The SMILES string of the molecule is CC1(C)C(=O)N(C2CCC3CC4CC2CC34)N1c1cccc(O)c1. The second-order valence-corrected chi connectivity index (χ2v) is 8.84. The zero-order valence-electron chi connectivity index (χ0n) is 14.5. The van der Waals surface area contributed by atoms with Gasteiger partial charge in [0.1, 0.15) is 11.3 Å². The summed E-state index contributed by atoms with van der Waals surface area (Å²) in [5.74, 6) is 3.94. The minimum atomic E-state index is -0.527. The zero-order valence-corrected chi connectivity index (χ0v) is 14.5. The zero-order chi connectivity index (χ0) is 16.6. The van der Waals surface area contributed by atoms with Crippen LogP contribution in [-0.4, -0.2) is 27.6 Å². The Labute approximate surface area is 143 Å². The Balaban J connectivity index is 1.48. The molecule has 1 aliphatic heterocycles. The lowest BCUT2D eigenvalue weighted by atomic mass is 9.64. The Morgan fingerprint density at radius 3 is 2.67 bits per heavy atom. The predicted molar refractivity (Wildman–Crippen MR) is 92.3 cm³/mol. The van der Waals surface area contributed by atoms with Crippen LogP contribution in [0.25, 0.3) is 0 Å². The number of anilines is 1. The van der Waals surface area contributed by atoms with Gasteiger partial charge in [-0.2, -0.15) is 0 Å². The molecule has 0 radical (unpaired) electrons. The summed E-state index contributed by atoms with van der Waals surface area (Å²) in [6, 6.07) is 7.64. The molecule has 1 aromatic rings. The third-order valence-electron chi connectivity index (χ3n) is 7.24. The van der Waals surface area contributed by atoms with Gasteiger partial charge in [0.05, 0.1) is 11.7 Å². The molecule has 5 rings (SSSR count). The van der Waals surface area contributed by atoms with Crippen LogP contribution in [0.4, 0.5) is 5.69 Å². The number of fused-ring (bicyclic) bond motifs is 1. The average molecular weight is 326 g/mol. The van der Waals surface area contributed by atoms with Crippen molar-refractivity contribution in [1.29, 1.82) is 0 Å². The summed E-state index contributed by atoms with van der Waals surface area (Å²) in [5, 5.41) is 14.0. The van der Waals surface area contributed by atoms with Gasteiger partial charge in [-0.15, -0.1) is 0 Å². The van der Waals surface area contributed by atoms with Crippen molar-refractivity contribution in [3.05, 3.63) is 24.3 Å². The molecular weight excluding hydrogens is 300 g/mol. The fourth-order valence-electron chi connectivity index (χ4n) is 6.06. The Hall–Kier alpha value is -1.71. The second kappa shape index (κ2) is 4.68. The van der Waals surface area contributed by atoms with Crippen molar-refractivity contribution in [3.63, 3.8) is 0 Å². The lowest BCUT2D eigenvalue weighted by molar-refractivity contribution is -0.158. The fourth-order valence-corrected chi connectivity index (χ4v) is 6.06. The minimum absolute atomic E-state index is 0.231. The van der Waals surface area contributed by atoms with Gasteiger partial charge in [0.25, 0.3) is 5.91 Å². The van der Waals surface area contributed by atoms with E-state index in [4.69, 9.17) is 0 Å². The molecule has 128 valence electrons. The van der Waals surface area contributed by atoms with Gasteiger partial charge in [-0.1, -0.05) is 6.07 Å². The number of hydrazine groups is 1. The molecule has 0 spiro atoms. The molecule has 1 saturated heterocycles. The highest BCUT2D eigenvalue weighted by Crippen LogP contribution is 2.60. The molecule has 1 amide bonds. The lowest BCUT2D eigenvalue weighted by Gasteiger charge is -2.60. The van der Waals surface area contributed by atoms with E-state index < -0.39 is 5.54 Å². The molecule has 0 aromatic heterocycles. The molecule has 1 heterocycles. The average Bonchev–Trinajstić information content (AvgIpc) is 2.77. The van der Waals surface area contributed by atoms with E-state index >= 15 is 0 Å². The van der Waals surface area contributed by atoms with Crippen LogP contribution in [-0.2, 0) is 4.79 Å². The quantitative estimate of drug-likeness (QED) is 0.904. The number of rotatable bonds is 2. The summed E-state index contributed by atoms with van der Waals surface area (Å²) in [7, 11) is 0. The second-order valence-electron chi connectivity index (χ2n) is 8.84. The summed E-state index contributed by atoms with van der Waals surface area (Å²) in [6.45, 7) is 3.98. The molecule has 3 aliphatic carbocycles. The van der Waals surface area contributed by atoms with E-state index in [1.54, 1.807) is 12.1 Å². The predicted octanol–water partition coefficient (Wildman–Crippen LogP) is 3.56. The number of benzene rings is 1. The monoisotopic (exact) mass is 326 g/mol. The van der Waals surface area contributed by atoms with Crippen molar-refractivity contribution < 1.29 is 9.90 Å². The maximum absolute atomic E-state index is 13.0. The van der Waals surface area contributed by atoms with Crippen LogP contribution >= 0.6 is 0 Å². The van der Waals surface area contributed by atoms with E-state index in [0.29, 0.717) is 12.0 Å². The largest absolute Gasteiger partial charge is 0.508 e. The molecular formula is C20H26N2O2. The van der Waals surface area contributed by atoms with Crippen LogP contribution in [0.2, 0.25) is 0 Å². The van der Waals surface area contributed by atoms with Crippen LogP contribution in [0.1, 0.15) is 46.0 Å². The number of phenolic OH excluding ortho intramolecular Hbond substituents is 1. The first kappa shape index (κ1) is 14.6. The van der Waals surface area contributed by atoms with Crippen LogP contribution in [0.5, 0.6) is 5.75 Å². The third kappa shape index (κ3) is 1.77. The van der Waals surface area contributed by atoms with Crippen molar-refractivity contribution in [1.82, 2.24) is 5.01 Å². The molecule has 4 heteroatoms. The molecule has 4 aliphatic rings. The summed E-state index contributed by atoms with van der Waals surface area (Å²) < 4.78 is 0. The standard InChI is InChI=1S/C20H26N2O2/c1-20(2)19(24)21(22(20)15-4-3-5-16(23)11-15)18-7-6-12-8-13-9-14(18)10-17(12)13/h3-5,11-14,17-18,23H,6-10H2,1-2H3. The molecule has 1 N–H and O–H groups in total. The number of carbonyl (C=O) groups excluding carboxylic acids is 1. The topological polar surface area (TPSA) is 43.8 Å². The highest BCUT2D eigenvalue weighted by molar-refractivity contribution is 5.98. The number of nitrogens with zero attached hydrogens (tertiary/aromatic N) is 2. The molecule has 1 aromatic carbocycles. The Morgan fingerprint density at radius 1 is 1.08 bits per heavy atom. The molecule has 5 atom stereocenters. The third-order valence-corrected chi connectivity index (χ3v) is 7.24. The molecule has 2 bridgehead atoms. The first-order valence-electron chi connectivity index (χ1n) is 9.39. The number of phenols is 1. The summed E-state index contributed by atoms with van der Waals surface area (Å²) in [6.07, 6.45) is 6.47. The molecule has 4 nitrogen and oxygen atoms in total. The summed E-state index contributed by atoms with van der Waals surface area (Å²) >= 11 is 0. The molecule has 5 unspecified atom stereocenters. The molecule has 24 heavy (non-hydrogen) atoms. The van der Waals surface area contributed by atoms with Crippen molar-refractivity contribution in [2.75, 3.05) is 5.01 Å². The Bertz CT molecular complexity index is 701. The lowest BCUT2D eigenvalue weighted by Crippen LogP contribution is -2.78. The number of hydrogen-bond donors (Lipinski definition) is 1. The van der Waals surface area contributed by atoms with Gasteiger partial charge in [0.2, 0.25) is 0 Å². The van der Waals surface area contributed by atoms with E-state index in [1.165, 1.54) is 25.7 Å². The first-order valence-corrected chi connectivity index (χ1v) is 9.39. The van der Waals surface area contributed by atoms with Crippen molar-refractivity contribution >= 4 is 11.6 Å². The summed E-state index contributed by atoms with van der Waals surface area (Å²) in [4.78, 5) is 13.0. The van der Waals surface area contributed by atoms with Crippen molar-refractivity contribution in [2.45, 2.75) is 57.5 Å². The number of carbonyl (C=O) groups is 1. The number of amides is 1. The highest BCUT2D eigenvalue weighted by Gasteiger charge is 2.60. The van der Waals surface area contributed by atoms with Crippen LogP contribution < -0.4 is 5.01 Å². The summed E-state index contributed by atoms with van der Waals surface area (Å²) in [5.41, 5.74) is 0.393.